The number of nitrogens with two attached hydrogens (primary N) is 1. The molecule has 53 heavy (non-hydrogen) atoms. The summed E-state index contributed by atoms with van der Waals surface area (Å²) in [5.41, 5.74) is 5.06. The van der Waals surface area contributed by atoms with E-state index in [9.17, 15) is 44.1 Å². The zero-order valence-corrected chi connectivity index (χ0v) is 32.1. The number of nitrogens with one attached hydrogen (secondary N) is 3. The van der Waals surface area contributed by atoms with E-state index in [4.69, 9.17) is 19.9 Å². The Balaban J connectivity index is 2.53. The molecule has 16 nitrogen and oxygen atoms in total. The number of primary amides is 1. The Kier molecular flexibility index (Phi) is 24.5. The summed E-state index contributed by atoms with van der Waals surface area (Å²) in [7, 11) is 0. The summed E-state index contributed by atoms with van der Waals surface area (Å²) >= 11 is 0. The lowest BCUT2D eigenvalue weighted by molar-refractivity contribution is -0.267. The van der Waals surface area contributed by atoms with E-state index in [1.807, 2.05) is 0 Å². The minimum absolute atomic E-state index is 0.180. The number of hydrogen-bond acceptors (Lipinski definition) is 11. The number of ether oxygens (including phenoxy) is 3. The predicted molar refractivity (Wildman–Crippen MR) is 195 cm³/mol. The molecule has 0 aliphatic carbocycles. The molecule has 0 bridgehead atoms. The monoisotopic (exact) mass is 758 g/mol. The zero-order chi connectivity index (χ0) is 39.8. The first kappa shape index (κ1) is 47.7. The van der Waals surface area contributed by atoms with Crippen LogP contribution in [0.1, 0.15) is 143 Å². The number of esters is 1. The molecule has 16 heteroatoms. The van der Waals surface area contributed by atoms with Gasteiger partial charge in [-0.1, -0.05) is 96.8 Å². The van der Waals surface area contributed by atoms with Crippen LogP contribution in [0.15, 0.2) is 0 Å². The molecule has 0 saturated carbocycles. The topological polar surface area (TPSA) is 253 Å². The molecule has 0 aromatic carbocycles. The number of hydrogen-bond donors (Lipinski definition) is 7. The van der Waals surface area contributed by atoms with E-state index in [2.05, 4.69) is 22.9 Å². The minimum atomic E-state index is -1.69. The largest absolute Gasteiger partial charge is 0.480 e. The number of aliphatic hydroxyl groups excluding tert-OH is 2. The van der Waals surface area contributed by atoms with Crippen LogP contribution in [0.2, 0.25) is 0 Å². The number of carbonyl (C=O) groups excluding carboxylic acids is 5. The van der Waals surface area contributed by atoms with Gasteiger partial charge < -0.3 is 51.2 Å². The number of unbranched alkanes of at least 4 members (excludes halogenated alkanes) is 14. The van der Waals surface area contributed by atoms with Gasteiger partial charge in [0.15, 0.2) is 6.29 Å². The Hall–Kier alpha value is -3.34. The Bertz CT molecular complexity index is 1130. The molecule has 1 heterocycles. The number of carboxylic acid groups (broad SMARTS) is 1. The van der Waals surface area contributed by atoms with Gasteiger partial charge in [0.1, 0.15) is 49.1 Å². The lowest BCUT2D eigenvalue weighted by Gasteiger charge is -2.43. The average Bonchev–Trinajstić information content (AvgIpc) is 3.09. The second-order valence-corrected chi connectivity index (χ2v) is 14.0. The van der Waals surface area contributed by atoms with Crippen LogP contribution in [0.4, 0.5) is 0 Å². The maximum Gasteiger partial charge on any atom is 0.326 e. The number of aliphatic carboxylic acids is 1. The molecule has 8 N–H and O–H groups in total. The van der Waals surface area contributed by atoms with Gasteiger partial charge in [0.25, 0.3) is 0 Å². The minimum Gasteiger partial charge on any atom is -0.480 e. The van der Waals surface area contributed by atoms with Gasteiger partial charge in [-0.2, -0.15) is 0 Å². The highest BCUT2D eigenvalue weighted by molar-refractivity contribution is 5.91. The highest BCUT2D eigenvalue weighted by atomic mass is 16.6. The van der Waals surface area contributed by atoms with E-state index < -0.39 is 91.0 Å². The number of carbonyl (C=O) groups is 6. The van der Waals surface area contributed by atoms with Gasteiger partial charge in [0, 0.05) is 19.8 Å². The summed E-state index contributed by atoms with van der Waals surface area (Å²) in [6, 6.07) is -3.97. The molecule has 1 fully saturated rings. The molecule has 1 saturated heterocycles. The zero-order valence-electron chi connectivity index (χ0n) is 32.1. The molecule has 0 aromatic heterocycles. The molecule has 0 spiro atoms. The van der Waals surface area contributed by atoms with Crippen LogP contribution in [0, 0.1) is 0 Å². The van der Waals surface area contributed by atoms with Crippen LogP contribution in [-0.4, -0.2) is 106 Å². The lowest BCUT2D eigenvalue weighted by Crippen LogP contribution is -2.66. The molecule has 8 atom stereocenters. The summed E-state index contributed by atoms with van der Waals surface area (Å²) in [6.45, 7) is 5.59. The molecule has 306 valence electrons. The van der Waals surface area contributed by atoms with Crippen LogP contribution in [0.5, 0.6) is 0 Å². The second-order valence-electron chi connectivity index (χ2n) is 14.0. The molecular formula is C37H66N4O12. The Morgan fingerprint density at radius 3 is 1.79 bits per heavy atom. The quantitative estimate of drug-likeness (QED) is 0.0429. The number of carboxylic acids is 1. The SMILES string of the molecule is CCCCCCCCCCCCCCCCCC(=O)OC[C@H]1O[C@H](O)[C@H](NC(C)=O)[C@@H](OC(C)C(=O)N[C@@H](C)C(=O)N[C@H](CCC(N)=O)C(=O)O)[C@@H]1O. The first-order chi connectivity index (χ1) is 25.2. The van der Waals surface area contributed by atoms with Crippen molar-refractivity contribution in [2.75, 3.05) is 6.61 Å². The van der Waals surface area contributed by atoms with Crippen LogP contribution >= 0.6 is 0 Å². The van der Waals surface area contributed by atoms with Gasteiger partial charge in [0.05, 0.1) is 0 Å². The van der Waals surface area contributed by atoms with Crippen molar-refractivity contribution in [1.29, 1.82) is 0 Å². The van der Waals surface area contributed by atoms with Gasteiger partial charge in [-0.25, -0.2) is 4.79 Å². The predicted octanol–water partition coefficient (Wildman–Crippen LogP) is 2.49. The van der Waals surface area contributed by atoms with E-state index in [1.54, 1.807) is 0 Å². The lowest BCUT2D eigenvalue weighted by atomic mass is 9.96. The normalized spacial score (nSPS) is 21.5. The fraction of sp³-hybridized carbons (Fsp3) is 0.838. The van der Waals surface area contributed by atoms with Crippen molar-refractivity contribution in [1.82, 2.24) is 16.0 Å². The number of rotatable bonds is 29. The fourth-order valence-corrected chi connectivity index (χ4v) is 6.04. The summed E-state index contributed by atoms with van der Waals surface area (Å²) in [4.78, 5) is 72.3. The summed E-state index contributed by atoms with van der Waals surface area (Å²) in [5, 5.41) is 38.1. The highest BCUT2D eigenvalue weighted by Crippen LogP contribution is 2.25. The fourth-order valence-electron chi connectivity index (χ4n) is 6.04. The standard InChI is InChI=1S/C37H66N4O12/c1-5-6-7-8-9-10-11-12-13-14-15-16-17-18-19-20-30(44)51-23-28-32(45)33(31(37(50)53-28)40-26(4)42)52-25(3)35(47)39-24(2)34(46)41-27(36(48)49)21-22-29(38)43/h24-25,27-28,31-33,37,45,50H,5-23H2,1-4H3,(H2,38,43)(H,39,47)(H,40,42)(H,41,46)(H,48,49)/t24-,25?,27+,28+,31+,32+,33+,37-/m0/s1. The van der Waals surface area contributed by atoms with Gasteiger partial charge >= 0.3 is 11.9 Å². The summed E-state index contributed by atoms with van der Waals surface area (Å²) in [6.07, 6.45) is 10.4. The number of aliphatic hydroxyl groups is 2. The number of amides is 4. The van der Waals surface area contributed by atoms with Gasteiger partial charge in [-0.05, 0) is 26.7 Å². The van der Waals surface area contributed by atoms with Crippen molar-refractivity contribution in [2.45, 2.75) is 192 Å². The molecule has 4 amide bonds. The summed E-state index contributed by atoms with van der Waals surface area (Å²) in [5.74, 6) is -4.91. The van der Waals surface area contributed by atoms with Crippen molar-refractivity contribution in [3.63, 3.8) is 0 Å². The van der Waals surface area contributed by atoms with E-state index in [0.29, 0.717) is 6.42 Å². The molecule has 1 aliphatic rings. The van der Waals surface area contributed by atoms with Gasteiger partial charge in [-0.15, -0.1) is 0 Å². The van der Waals surface area contributed by atoms with Crippen molar-refractivity contribution in [3.05, 3.63) is 0 Å². The maximum absolute atomic E-state index is 12.9. The van der Waals surface area contributed by atoms with E-state index in [1.165, 1.54) is 91.4 Å². The Labute approximate surface area is 314 Å². The first-order valence-corrected chi connectivity index (χ1v) is 19.4. The molecule has 0 radical (unpaired) electrons. The van der Waals surface area contributed by atoms with Gasteiger partial charge in [-0.3, -0.25) is 24.0 Å². The van der Waals surface area contributed by atoms with Crippen LogP contribution < -0.4 is 21.7 Å². The molecule has 1 unspecified atom stereocenters. The van der Waals surface area contributed by atoms with Crippen molar-refractivity contribution >= 4 is 35.6 Å². The maximum atomic E-state index is 12.9. The van der Waals surface area contributed by atoms with Crippen molar-refractivity contribution in [2.24, 2.45) is 5.73 Å². The third kappa shape index (κ3) is 20.6. The Morgan fingerprint density at radius 2 is 1.30 bits per heavy atom. The van der Waals surface area contributed by atoms with Crippen LogP contribution in [0.3, 0.4) is 0 Å². The van der Waals surface area contributed by atoms with E-state index in [-0.39, 0.29) is 19.3 Å². The third-order valence-electron chi connectivity index (χ3n) is 9.23. The molecule has 0 aromatic rings. The van der Waals surface area contributed by atoms with E-state index >= 15 is 0 Å². The van der Waals surface area contributed by atoms with Crippen molar-refractivity contribution < 1.29 is 58.3 Å². The smallest absolute Gasteiger partial charge is 0.326 e. The highest BCUT2D eigenvalue weighted by Gasteiger charge is 2.47. The van der Waals surface area contributed by atoms with Crippen LogP contribution in [0.25, 0.3) is 0 Å². The average molecular weight is 759 g/mol. The molecule has 1 rings (SSSR count). The van der Waals surface area contributed by atoms with E-state index in [0.717, 1.165) is 19.3 Å². The molecule has 1 aliphatic heterocycles. The van der Waals surface area contributed by atoms with Crippen LogP contribution in [-0.2, 0) is 43.0 Å². The third-order valence-corrected chi connectivity index (χ3v) is 9.23. The second kappa shape index (κ2) is 27.3. The Morgan fingerprint density at radius 1 is 0.774 bits per heavy atom. The van der Waals surface area contributed by atoms with Crippen molar-refractivity contribution in [3.8, 4) is 0 Å². The first-order valence-electron chi connectivity index (χ1n) is 19.4. The summed E-state index contributed by atoms with van der Waals surface area (Å²) < 4.78 is 16.6. The van der Waals surface area contributed by atoms with Gasteiger partial charge in [0.2, 0.25) is 23.6 Å². The molecular weight excluding hydrogens is 692 g/mol.